The Morgan fingerprint density at radius 1 is 0.793 bits per heavy atom. The molecule has 0 spiro atoms. The van der Waals surface area contributed by atoms with Crippen LogP contribution >= 0.6 is 7.26 Å². The molecule has 0 saturated carbocycles. The van der Waals surface area contributed by atoms with E-state index in [-0.39, 0.29) is 28.9 Å². The van der Waals surface area contributed by atoms with Crippen molar-refractivity contribution in [2.45, 2.75) is 20.3 Å². The van der Waals surface area contributed by atoms with Crippen molar-refractivity contribution in [2.24, 2.45) is 5.92 Å². The van der Waals surface area contributed by atoms with Crippen molar-refractivity contribution in [3.05, 3.63) is 91.0 Å². The molecule has 0 N–H and O–H groups in total. The second-order valence-electron chi connectivity index (χ2n) is 6.98. The lowest BCUT2D eigenvalue weighted by Crippen LogP contribution is -3.00. The lowest BCUT2D eigenvalue weighted by molar-refractivity contribution is -0.147. The predicted molar refractivity (Wildman–Crippen MR) is 120 cm³/mol. The number of carbonyl (C=O) groups excluding carboxylic acids is 1. The Hall–Kier alpha value is -1.96. The van der Waals surface area contributed by atoms with Crippen LogP contribution in [0, 0.1) is 5.92 Å². The van der Waals surface area contributed by atoms with Crippen molar-refractivity contribution in [3.63, 3.8) is 0 Å². The highest BCUT2D eigenvalue weighted by Crippen LogP contribution is 2.56. The molecular weight excluding hydrogens is 443 g/mol. The highest BCUT2D eigenvalue weighted by molar-refractivity contribution is 7.95. The summed E-state index contributed by atoms with van der Waals surface area (Å²) < 4.78 is 5.26. The minimum Gasteiger partial charge on any atom is -1.00 e. The molecule has 0 bridgehead atoms. The van der Waals surface area contributed by atoms with Crippen molar-refractivity contribution in [3.8, 4) is 0 Å². The van der Waals surface area contributed by atoms with Gasteiger partial charge in [-0.25, -0.2) is 0 Å². The first kappa shape index (κ1) is 23.3. The summed E-state index contributed by atoms with van der Waals surface area (Å²) >= 11 is 0. The van der Waals surface area contributed by atoms with Crippen LogP contribution in [0.1, 0.15) is 20.3 Å². The second kappa shape index (κ2) is 11.3. The number of rotatable bonds is 8. The molecule has 2 nitrogen and oxygen atoms in total. The Morgan fingerprint density at radius 3 is 1.52 bits per heavy atom. The monoisotopic (exact) mass is 470 g/mol. The molecule has 0 aliphatic heterocycles. The van der Waals surface area contributed by atoms with Crippen LogP contribution in [-0.4, -0.2) is 18.7 Å². The summed E-state index contributed by atoms with van der Waals surface area (Å²) in [5.74, 6) is -0.217. The maximum absolute atomic E-state index is 12.3. The minimum absolute atomic E-state index is 0. The smallest absolute Gasteiger partial charge is 0.308 e. The third-order valence-electron chi connectivity index (χ3n) is 5.18. The minimum atomic E-state index is -1.87. The first-order valence-corrected chi connectivity index (χ1v) is 11.9. The van der Waals surface area contributed by atoms with Crippen molar-refractivity contribution >= 4 is 29.1 Å². The van der Waals surface area contributed by atoms with Gasteiger partial charge in [-0.05, 0) is 49.7 Å². The van der Waals surface area contributed by atoms with Crippen LogP contribution in [0.25, 0.3) is 0 Å². The van der Waals surface area contributed by atoms with Crippen LogP contribution in [0.2, 0.25) is 0 Å². The number of hydrogen-bond donors (Lipinski definition) is 0. The van der Waals surface area contributed by atoms with Gasteiger partial charge in [-0.1, -0.05) is 61.5 Å². The topological polar surface area (TPSA) is 26.3 Å². The molecule has 0 saturated heterocycles. The number of ether oxygens (including phenoxy) is 1. The van der Waals surface area contributed by atoms with Gasteiger partial charge in [0.2, 0.25) is 0 Å². The molecule has 4 heteroatoms. The molecule has 0 fully saturated rings. The molecule has 0 aromatic heterocycles. The third-order valence-corrected chi connectivity index (χ3v) is 9.65. The van der Waals surface area contributed by atoms with E-state index < -0.39 is 7.26 Å². The van der Waals surface area contributed by atoms with E-state index >= 15 is 0 Å². The Morgan fingerprint density at radius 2 is 1.17 bits per heavy atom. The van der Waals surface area contributed by atoms with E-state index in [4.69, 9.17) is 4.74 Å². The van der Waals surface area contributed by atoms with Gasteiger partial charge in [0.05, 0.1) is 18.7 Å². The van der Waals surface area contributed by atoms with Gasteiger partial charge in [0.1, 0.15) is 23.2 Å². The normalized spacial score (nSPS) is 11.9. The lowest BCUT2D eigenvalue weighted by Gasteiger charge is -2.28. The van der Waals surface area contributed by atoms with E-state index in [0.29, 0.717) is 6.61 Å². The molecule has 0 radical (unpaired) electrons. The average Bonchev–Trinajstić information content (AvgIpc) is 2.76. The molecule has 152 valence electrons. The number of carbonyl (C=O) groups is 1. The van der Waals surface area contributed by atoms with E-state index in [1.54, 1.807) is 0 Å². The fourth-order valence-electron chi connectivity index (χ4n) is 3.67. The molecular formula is C25H28BrO2P. The van der Waals surface area contributed by atoms with Gasteiger partial charge < -0.3 is 21.7 Å². The molecule has 0 aliphatic rings. The summed E-state index contributed by atoms with van der Waals surface area (Å²) in [7, 11) is -1.87. The number of esters is 1. The number of halogens is 1. The van der Waals surface area contributed by atoms with Gasteiger partial charge in [-0.3, -0.25) is 4.79 Å². The van der Waals surface area contributed by atoms with Gasteiger partial charge >= 0.3 is 5.97 Å². The molecule has 0 amide bonds. The van der Waals surface area contributed by atoms with E-state index in [0.717, 1.165) is 12.6 Å². The zero-order valence-corrected chi connectivity index (χ0v) is 19.5. The predicted octanol–water partition coefficient (Wildman–Crippen LogP) is 1.57. The summed E-state index contributed by atoms with van der Waals surface area (Å²) in [6.45, 7) is 4.27. The molecule has 3 aromatic rings. The van der Waals surface area contributed by atoms with E-state index in [1.165, 1.54) is 15.9 Å². The Bertz CT molecular complexity index is 772. The zero-order chi connectivity index (χ0) is 19.8. The second-order valence-corrected chi connectivity index (χ2v) is 10.6. The summed E-state index contributed by atoms with van der Waals surface area (Å²) in [6.07, 6.45) is 1.73. The van der Waals surface area contributed by atoms with Crippen molar-refractivity contribution in [2.75, 3.05) is 12.8 Å². The van der Waals surface area contributed by atoms with Crippen molar-refractivity contribution in [1.29, 1.82) is 0 Å². The SMILES string of the molecule is CCOC(=O)[C@H](C)CC[P+](c1ccccc1)(c1ccccc1)c1ccccc1.[Br-]. The van der Waals surface area contributed by atoms with E-state index in [2.05, 4.69) is 91.0 Å². The van der Waals surface area contributed by atoms with Crippen LogP contribution in [0.4, 0.5) is 0 Å². The van der Waals surface area contributed by atoms with Crippen molar-refractivity contribution in [1.82, 2.24) is 0 Å². The summed E-state index contributed by atoms with van der Waals surface area (Å²) in [6, 6.07) is 32.3. The highest BCUT2D eigenvalue weighted by atomic mass is 79.9. The summed E-state index contributed by atoms with van der Waals surface area (Å²) in [5, 5.41) is 4.05. The standard InChI is InChI=1S/C25H28O2P.BrH/c1-3-27-25(26)21(2)19-20-28(22-13-7-4-8-14-22,23-15-9-5-10-16-23)24-17-11-6-12-18-24;/h4-18,21H,3,19-20H2,1-2H3;1H/q+1;/p-1/t21-;/m1./s1. The van der Waals surface area contributed by atoms with Gasteiger partial charge in [0.15, 0.2) is 0 Å². The summed E-state index contributed by atoms with van der Waals surface area (Å²) in [5.41, 5.74) is 0. The average molecular weight is 471 g/mol. The van der Waals surface area contributed by atoms with Gasteiger partial charge in [-0.15, -0.1) is 0 Å². The van der Waals surface area contributed by atoms with Gasteiger partial charge in [0, 0.05) is 0 Å². The van der Waals surface area contributed by atoms with Crippen LogP contribution < -0.4 is 32.9 Å². The van der Waals surface area contributed by atoms with Gasteiger partial charge in [-0.2, -0.15) is 0 Å². The highest BCUT2D eigenvalue weighted by Gasteiger charge is 2.45. The molecule has 0 unspecified atom stereocenters. The first-order chi connectivity index (χ1) is 13.7. The third kappa shape index (κ3) is 5.35. The Labute approximate surface area is 185 Å². The largest absolute Gasteiger partial charge is 1.00 e. The Kier molecular flexibility index (Phi) is 9.07. The van der Waals surface area contributed by atoms with E-state index in [9.17, 15) is 4.79 Å². The summed E-state index contributed by atoms with van der Waals surface area (Å²) in [4.78, 5) is 12.3. The fraction of sp³-hybridized carbons (Fsp3) is 0.240. The van der Waals surface area contributed by atoms with Crippen molar-refractivity contribution < 1.29 is 26.5 Å². The van der Waals surface area contributed by atoms with Crippen LogP contribution in [0.15, 0.2) is 91.0 Å². The van der Waals surface area contributed by atoms with Crippen LogP contribution in [0.3, 0.4) is 0 Å². The number of hydrogen-bond acceptors (Lipinski definition) is 2. The quantitative estimate of drug-likeness (QED) is 0.369. The van der Waals surface area contributed by atoms with Crippen LogP contribution in [-0.2, 0) is 9.53 Å². The first-order valence-electron chi connectivity index (χ1n) is 9.90. The van der Waals surface area contributed by atoms with Crippen LogP contribution in [0.5, 0.6) is 0 Å². The molecule has 29 heavy (non-hydrogen) atoms. The molecule has 3 rings (SSSR count). The zero-order valence-electron chi connectivity index (χ0n) is 17.0. The maximum Gasteiger partial charge on any atom is 0.308 e. The maximum atomic E-state index is 12.3. The fourth-order valence-corrected chi connectivity index (χ4v) is 8.16. The lowest BCUT2D eigenvalue weighted by atomic mass is 10.1. The molecule has 1 atom stereocenters. The van der Waals surface area contributed by atoms with Gasteiger partial charge in [0.25, 0.3) is 0 Å². The number of benzene rings is 3. The molecule has 0 aliphatic carbocycles. The molecule has 3 aromatic carbocycles. The molecule has 0 heterocycles. The Balaban J connectivity index is 0.00000300. The van der Waals surface area contributed by atoms with E-state index in [1.807, 2.05) is 13.8 Å².